The molecular formula is C19H25NO2. The molecule has 3 heteroatoms. The first-order valence-corrected chi connectivity index (χ1v) is 8.58. The zero-order chi connectivity index (χ0) is 15.2. The molecule has 1 N–H and O–H groups in total. The Kier molecular flexibility index (Phi) is 3.48. The molecule has 0 aliphatic heterocycles. The van der Waals surface area contributed by atoms with E-state index in [4.69, 9.17) is 4.74 Å². The lowest BCUT2D eigenvalue weighted by molar-refractivity contribution is -0.0186. The smallest absolute Gasteiger partial charge is 0.176 e. The van der Waals surface area contributed by atoms with Gasteiger partial charge in [0, 0.05) is 11.1 Å². The third-order valence-electron chi connectivity index (χ3n) is 6.05. The lowest BCUT2D eigenvalue weighted by Gasteiger charge is -2.57. The van der Waals surface area contributed by atoms with Crippen molar-refractivity contribution in [2.75, 3.05) is 13.7 Å². The normalized spacial score (nSPS) is 35.6. The van der Waals surface area contributed by atoms with Crippen LogP contribution in [0.5, 0.6) is 5.75 Å². The van der Waals surface area contributed by atoms with Crippen molar-refractivity contribution in [3.8, 4) is 5.75 Å². The van der Waals surface area contributed by atoms with Gasteiger partial charge in [-0.3, -0.25) is 4.79 Å². The average Bonchev–Trinajstić information content (AvgIpc) is 2.51. The zero-order valence-corrected chi connectivity index (χ0v) is 13.3. The van der Waals surface area contributed by atoms with Crippen molar-refractivity contribution in [3.63, 3.8) is 0 Å². The Morgan fingerprint density at radius 3 is 2.41 bits per heavy atom. The minimum atomic E-state index is 0.176. The quantitative estimate of drug-likeness (QED) is 0.847. The van der Waals surface area contributed by atoms with Crippen molar-refractivity contribution in [1.82, 2.24) is 5.32 Å². The average molecular weight is 299 g/mol. The minimum Gasteiger partial charge on any atom is -0.497 e. The van der Waals surface area contributed by atoms with Gasteiger partial charge in [0.25, 0.3) is 0 Å². The van der Waals surface area contributed by atoms with Crippen LogP contribution in [0.4, 0.5) is 0 Å². The number of methoxy groups -OCH3 is 1. The number of carbonyl (C=O) groups excluding carboxylic acids is 1. The van der Waals surface area contributed by atoms with Gasteiger partial charge in [0.1, 0.15) is 5.75 Å². The lowest BCUT2D eigenvalue weighted by Crippen LogP contribution is -2.59. The molecule has 0 unspecified atom stereocenters. The second-order valence-corrected chi connectivity index (χ2v) is 7.71. The van der Waals surface area contributed by atoms with E-state index in [-0.39, 0.29) is 11.3 Å². The Morgan fingerprint density at radius 1 is 1.18 bits per heavy atom. The largest absolute Gasteiger partial charge is 0.497 e. The summed E-state index contributed by atoms with van der Waals surface area (Å²) in [5.74, 6) is 3.65. The molecule has 4 bridgehead atoms. The predicted octanol–water partition coefficient (Wildman–Crippen LogP) is 3.44. The molecular weight excluding hydrogens is 274 g/mol. The van der Waals surface area contributed by atoms with Crippen LogP contribution in [0.2, 0.25) is 0 Å². The fourth-order valence-corrected chi connectivity index (χ4v) is 5.49. The summed E-state index contributed by atoms with van der Waals surface area (Å²) < 4.78 is 5.21. The molecule has 3 nitrogen and oxygen atoms in total. The molecule has 5 rings (SSSR count). The summed E-state index contributed by atoms with van der Waals surface area (Å²) in [6.45, 7) is 0.458. The summed E-state index contributed by atoms with van der Waals surface area (Å²) in [5.41, 5.74) is 1.00. The maximum absolute atomic E-state index is 12.5. The van der Waals surface area contributed by atoms with Gasteiger partial charge in [-0.05, 0) is 68.4 Å². The maximum Gasteiger partial charge on any atom is 0.176 e. The molecule has 0 saturated heterocycles. The number of rotatable bonds is 5. The summed E-state index contributed by atoms with van der Waals surface area (Å²) in [7, 11) is 1.64. The first-order chi connectivity index (χ1) is 10.7. The number of hydrogen-bond donors (Lipinski definition) is 1. The molecule has 4 saturated carbocycles. The second kappa shape index (κ2) is 5.38. The van der Waals surface area contributed by atoms with Crippen LogP contribution >= 0.6 is 0 Å². The van der Waals surface area contributed by atoms with Crippen LogP contribution in [-0.2, 0) is 0 Å². The highest BCUT2D eigenvalue weighted by Crippen LogP contribution is 2.55. The topological polar surface area (TPSA) is 38.3 Å². The SMILES string of the molecule is COc1cccc(C(=O)CNC23CC4CC(CC(C4)C2)C3)c1. The zero-order valence-electron chi connectivity index (χ0n) is 13.3. The Bertz CT molecular complexity index is 545. The highest BCUT2D eigenvalue weighted by atomic mass is 16.5. The molecule has 0 aromatic heterocycles. The number of ketones is 1. The van der Waals surface area contributed by atoms with Gasteiger partial charge in [0.05, 0.1) is 13.7 Å². The van der Waals surface area contributed by atoms with Crippen molar-refractivity contribution in [2.45, 2.75) is 44.1 Å². The van der Waals surface area contributed by atoms with E-state index in [2.05, 4.69) is 5.32 Å². The van der Waals surface area contributed by atoms with Crippen molar-refractivity contribution in [3.05, 3.63) is 29.8 Å². The van der Waals surface area contributed by atoms with Crippen LogP contribution in [0.3, 0.4) is 0 Å². The third-order valence-corrected chi connectivity index (χ3v) is 6.05. The molecule has 4 fully saturated rings. The second-order valence-electron chi connectivity index (χ2n) is 7.71. The van der Waals surface area contributed by atoms with E-state index in [1.807, 2.05) is 24.3 Å². The molecule has 118 valence electrons. The molecule has 4 aliphatic carbocycles. The van der Waals surface area contributed by atoms with Gasteiger partial charge in [-0.2, -0.15) is 0 Å². The lowest BCUT2D eigenvalue weighted by atomic mass is 9.53. The van der Waals surface area contributed by atoms with Crippen LogP contribution in [-0.4, -0.2) is 25.0 Å². The molecule has 0 amide bonds. The molecule has 1 aromatic carbocycles. The van der Waals surface area contributed by atoms with Crippen LogP contribution in [0, 0.1) is 17.8 Å². The van der Waals surface area contributed by atoms with E-state index in [1.165, 1.54) is 38.5 Å². The molecule has 1 aromatic rings. The number of hydrogen-bond acceptors (Lipinski definition) is 3. The Labute approximate surface area is 132 Å². The van der Waals surface area contributed by atoms with Gasteiger partial charge in [0.2, 0.25) is 0 Å². The summed E-state index contributed by atoms with van der Waals surface area (Å²) in [6, 6.07) is 7.48. The number of benzene rings is 1. The summed E-state index contributed by atoms with van der Waals surface area (Å²) in [4.78, 5) is 12.5. The van der Waals surface area contributed by atoms with Crippen molar-refractivity contribution >= 4 is 5.78 Å². The molecule has 4 aliphatic rings. The molecule has 22 heavy (non-hydrogen) atoms. The van der Waals surface area contributed by atoms with E-state index < -0.39 is 0 Å². The summed E-state index contributed by atoms with van der Waals surface area (Å²) in [6.07, 6.45) is 8.15. The number of Topliss-reactive ketones (excluding diaryl/α,β-unsaturated/α-hetero) is 1. The van der Waals surface area contributed by atoms with Gasteiger partial charge in [-0.1, -0.05) is 12.1 Å². The monoisotopic (exact) mass is 299 g/mol. The van der Waals surface area contributed by atoms with Gasteiger partial charge in [0.15, 0.2) is 5.78 Å². The van der Waals surface area contributed by atoms with Gasteiger partial charge >= 0.3 is 0 Å². The molecule has 0 spiro atoms. The molecule has 0 heterocycles. The summed E-state index contributed by atoms with van der Waals surface area (Å²) >= 11 is 0. The van der Waals surface area contributed by atoms with Crippen LogP contribution in [0.15, 0.2) is 24.3 Å². The Hall–Kier alpha value is -1.35. The van der Waals surface area contributed by atoms with Gasteiger partial charge in [-0.15, -0.1) is 0 Å². The molecule has 0 atom stereocenters. The van der Waals surface area contributed by atoms with E-state index in [9.17, 15) is 4.79 Å². The Balaban J connectivity index is 1.43. The van der Waals surface area contributed by atoms with E-state index in [1.54, 1.807) is 7.11 Å². The van der Waals surface area contributed by atoms with Crippen molar-refractivity contribution in [2.24, 2.45) is 17.8 Å². The van der Waals surface area contributed by atoms with Gasteiger partial charge < -0.3 is 10.1 Å². The first-order valence-electron chi connectivity index (χ1n) is 8.58. The summed E-state index contributed by atoms with van der Waals surface area (Å²) in [5, 5.41) is 3.67. The maximum atomic E-state index is 12.5. The van der Waals surface area contributed by atoms with E-state index in [0.29, 0.717) is 6.54 Å². The van der Waals surface area contributed by atoms with E-state index in [0.717, 1.165) is 29.1 Å². The number of carbonyl (C=O) groups is 1. The highest BCUT2D eigenvalue weighted by Gasteiger charge is 2.50. The highest BCUT2D eigenvalue weighted by molar-refractivity contribution is 5.98. The fraction of sp³-hybridized carbons (Fsp3) is 0.632. The Morgan fingerprint density at radius 2 is 1.82 bits per heavy atom. The van der Waals surface area contributed by atoms with Crippen LogP contribution in [0.1, 0.15) is 48.9 Å². The minimum absolute atomic E-state index is 0.176. The fourth-order valence-electron chi connectivity index (χ4n) is 5.49. The van der Waals surface area contributed by atoms with Gasteiger partial charge in [-0.25, -0.2) is 0 Å². The van der Waals surface area contributed by atoms with Crippen molar-refractivity contribution in [1.29, 1.82) is 0 Å². The van der Waals surface area contributed by atoms with Crippen LogP contribution in [0.25, 0.3) is 0 Å². The predicted molar refractivity (Wildman–Crippen MR) is 86.2 cm³/mol. The van der Waals surface area contributed by atoms with E-state index >= 15 is 0 Å². The number of nitrogens with one attached hydrogen (secondary N) is 1. The number of ether oxygens (including phenoxy) is 1. The third kappa shape index (κ3) is 2.56. The standard InChI is InChI=1S/C19H25NO2/c1-22-17-4-2-3-16(8-17)18(21)12-20-19-9-13-5-14(10-19)7-15(6-13)11-19/h2-4,8,13-15,20H,5-7,9-12H2,1H3. The molecule has 0 radical (unpaired) electrons. The van der Waals surface area contributed by atoms with Crippen molar-refractivity contribution < 1.29 is 9.53 Å². The van der Waals surface area contributed by atoms with Crippen LogP contribution < -0.4 is 10.1 Å². The first kappa shape index (κ1) is 14.3.